The van der Waals surface area contributed by atoms with Crippen molar-refractivity contribution in [1.29, 1.82) is 0 Å². The average Bonchev–Trinajstić information content (AvgIpc) is 3.43. The van der Waals surface area contributed by atoms with Crippen molar-refractivity contribution in [3.05, 3.63) is 89.0 Å². The lowest BCUT2D eigenvalue weighted by molar-refractivity contribution is -0.157. The predicted octanol–water partition coefficient (Wildman–Crippen LogP) is 5.26. The summed E-state index contributed by atoms with van der Waals surface area (Å²) < 4.78 is 16.8. The van der Waals surface area contributed by atoms with Gasteiger partial charge in [0.05, 0.1) is 6.54 Å². The van der Waals surface area contributed by atoms with Gasteiger partial charge in [0.2, 0.25) is 5.91 Å². The maximum Gasteiger partial charge on any atom is 0.408 e. The molecule has 0 unspecified atom stereocenters. The SMILES string of the molecule is CC(C)(C)OC(=O)[C@H](Cc1ccc(N2CCN(C3CCOCC3)CC2=O)cc1)NC(=O)OCc1cccc2c1Cc1ccccc1-2. The summed E-state index contributed by atoms with van der Waals surface area (Å²) in [5.41, 5.74) is 6.65. The van der Waals surface area contributed by atoms with Crippen LogP contribution in [0.15, 0.2) is 66.7 Å². The van der Waals surface area contributed by atoms with E-state index >= 15 is 0 Å². The van der Waals surface area contributed by atoms with Gasteiger partial charge in [0.1, 0.15) is 18.2 Å². The Hall–Kier alpha value is -4.21. The smallest absolute Gasteiger partial charge is 0.408 e. The molecule has 0 saturated carbocycles. The number of nitrogens with zero attached hydrogens (tertiary/aromatic N) is 2. The quantitative estimate of drug-likeness (QED) is 0.267. The molecule has 242 valence electrons. The summed E-state index contributed by atoms with van der Waals surface area (Å²) in [6.07, 6.45) is 2.25. The first-order valence-electron chi connectivity index (χ1n) is 16.2. The lowest BCUT2D eigenvalue weighted by Gasteiger charge is -2.40. The number of piperazine rings is 1. The monoisotopic (exact) mass is 625 g/mol. The first kappa shape index (κ1) is 31.8. The molecule has 3 aromatic carbocycles. The molecular weight excluding hydrogens is 582 g/mol. The Morgan fingerprint density at radius 3 is 2.43 bits per heavy atom. The molecule has 3 aromatic rings. The molecule has 46 heavy (non-hydrogen) atoms. The Morgan fingerprint density at radius 2 is 1.70 bits per heavy atom. The van der Waals surface area contributed by atoms with Crippen LogP contribution in [0.3, 0.4) is 0 Å². The highest BCUT2D eigenvalue weighted by Gasteiger charge is 2.31. The van der Waals surface area contributed by atoms with Crippen molar-refractivity contribution in [2.45, 2.75) is 70.7 Å². The molecule has 9 nitrogen and oxygen atoms in total. The van der Waals surface area contributed by atoms with Gasteiger partial charge in [-0.2, -0.15) is 0 Å². The van der Waals surface area contributed by atoms with Gasteiger partial charge in [0.15, 0.2) is 0 Å². The summed E-state index contributed by atoms with van der Waals surface area (Å²) in [7, 11) is 0. The van der Waals surface area contributed by atoms with Crippen molar-refractivity contribution in [3.8, 4) is 11.1 Å². The molecule has 0 bridgehead atoms. The third kappa shape index (κ3) is 7.43. The van der Waals surface area contributed by atoms with Crippen LogP contribution in [-0.4, -0.2) is 73.4 Å². The number of amides is 2. The van der Waals surface area contributed by atoms with Gasteiger partial charge < -0.3 is 24.4 Å². The minimum absolute atomic E-state index is 0.0782. The molecule has 2 heterocycles. The molecule has 1 aliphatic carbocycles. The highest BCUT2D eigenvalue weighted by atomic mass is 16.6. The van der Waals surface area contributed by atoms with Crippen molar-refractivity contribution in [1.82, 2.24) is 10.2 Å². The van der Waals surface area contributed by atoms with Gasteiger partial charge in [-0.05, 0) is 85.5 Å². The van der Waals surface area contributed by atoms with E-state index in [9.17, 15) is 14.4 Å². The fourth-order valence-electron chi connectivity index (χ4n) is 6.63. The number of anilines is 1. The van der Waals surface area contributed by atoms with Crippen LogP contribution in [-0.2, 0) is 43.2 Å². The lowest BCUT2D eigenvalue weighted by Crippen LogP contribution is -2.54. The number of hydrogen-bond donors (Lipinski definition) is 1. The Labute approximate surface area is 270 Å². The van der Waals surface area contributed by atoms with E-state index in [1.165, 1.54) is 11.1 Å². The highest BCUT2D eigenvalue weighted by Crippen LogP contribution is 2.38. The maximum absolute atomic E-state index is 13.2. The largest absolute Gasteiger partial charge is 0.458 e. The summed E-state index contributed by atoms with van der Waals surface area (Å²) in [4.78, 5) is 43.4. The molecule has 2 amide bonds. The first-order chi connectivity index (χ1) is 22.1. The Balaban J connectivity index is 1.08. The van der Waals surface area contributed by atoms with Crippen LogP contribution in [0.1, 0.15) is 55.9 Å². The molecule has 0 spiro atoms. The number of esters is 1. The molecule has 2 fully saturated rings. The van der Waals surface area contributed by atoms with Crippen molar-refractivity contribution in [2.24, 2.45) is 0 Å². The van der Waals surface area contributed by atoms with Gasteiger partial charge in [0, 0.05) is 44.5 Å². The topological polar surface area (TPSA) is 97.4 Å². The zero-order chi connectivity index (χ0) is 32.3. The first-order valence-corrected chi connectivity index (χ1v) is 16.2. The van der Waals surface area contributed by atoms with Crippen LogP contribution in [0.25, 0.3) is 11.1 Å². The second kappa shape index (κ2) is 13.6. The number of hydrogen-bond acceptors (Lipinski definition) is 7. The second-order valence-electron chi connectivity index (χ2n) is 13.3. The summed E-state index contributed by atoms with van der Waals surface area (Å²) >= 11 is 0. The molecule has 6 rings (SSSR count). The molecule has 1 atom stereocenters. The summed E-state index contributed by atoms with van der Waals surface area (Å²) in [6, 6.07) is 21.4. The van der Waals surface area contributed by atoms with E-state index in [1.54, 1.807) is 20.8 Å². The Kier molecular flexibility index (Phi) is 9.42. The van der Waals surface area contributed by atoms with Crippen LogP contribution >= 0.6 is 0 Å². The number of nitrogens with one attached hydrogen (secondary N) is 1. The second-order valence-corrected chi connectivity index (χ2v) is 13.3. The molecule has 9 heteroatoms. The number of carbonyl (C=O) groups is 3. The van der Waals surface area contributed by atoms with E-state index in [0.717, 1.165) is 67.0 Å². The number of benzene rings is 3. The molecular formula is C37H43N3O6. The van der Waals surface area contributed by atoms with Crippen LogP contribution in [0.4, 0.5) is 10.5 Å². The normalized spacial score (nSPS) is 17.6. The van der Waals surface area contributed by atoms with E-state index in [1.807, 2.05) is 53.4 Å². The standard InChI is InChI=1S/C37H43N3O6/c1-37(2,3)46-35(42)33(38-36(43)45-24-27-8-6-10-31-30-9-5-4-7-26(30)22-32(27)31)21-25-11-13-29(14-12-25)40-18-17-39(23-34(40)41)28-15-19-44-20-16-28/h4-14,28,33H,15-24H2,1-3H3,(H,38,43)/t33-/m0/s1. The van der Waals surface area contributed by atoms with Crippen LogP contribution < -0.4 is 10.2 Å². The number of fused-ring (bicyclic) bond motifs is 3. The number of carbonyl (C=O) groups excluding carboxylic acids is 3. The number of ether oxygens (including phenoxy) is 3. The zero-order valence-electron chi connectivity index (χ0n) is 26.9. The third-order valence-corrected chi connectivity index (χ3v) is 8.94. The molecule has 2 aliphatic heterocycles. The Morgan fingerprint density at radius 1 is 0.957 bits per heavy atom. The maximum atomic E-state index is 13.2. The minimum Gasteiger partial charge on any atom is -0.458 e. The van der Waals surface area contributed by atoms with Crippen LogP contribution in [0, 0.1) is 0 Å². The van der Waals surface area contributed by atoms with Crippen LogP contribution in [0.5, 0.6) is 0 Å². The summed E-state index contributed by atoms with van der Waals surface area (Å²) in [5.74, 6) is -0.460. The summed E-state index contributed by atoms with van der Waals surface area (Å²) in [5, 5.41) is 2.75. The van der Waals surface area contributed by atoms with Crippen LogP contribution in [0.2, 0.25) is 0 Å². The van der Waals surface area contributed by atoms with Gasteiger partial charge in [-0.3, -0.25) is 9.69 Å². The third-order valence-electron chi connectivity index (χ3n) is 8.94. The molecule has 3 aliphatic rings. The lowest BCUT2D eigenvalue weighted by atomic mass is 10.0. The van der Waals surface area contributed by atoms with Gasteiger partial charge >= 0.3 is 12.1 Å². The summed E-state index contributed by atoms with van der Waals surface area (Å²) in [6.45, 7) is 8.82. The van der Waals surface area contributed by atoms with Crippen molar-refractivity contribution >= 4 is 23.7 Å². The molecule has 2 saturated heterocycles. The zero-order valence-corrected chi connectivity index (χ0v) is 26.9. The predicted molar refractivity (Wildman–Crippen MR) is 176 cm³/mol. The average molecular weight is 626 g/mol. The van der Waals surface area contributed by atoms with Crippen molar-refractivity contribution in [2.75, 3.05) is 37.7 Å². The molecule has 1 N–H and O–H groups in total. The minimum atomic E-state index is -0.951. The fraction of sp³-hybridized carbons (Fsp3) is 0.432. The van der Waals surface area contributed by atoms with E-state index in [4.69, 9.17) is 14.2 Å². The molecule has 0 radical (unpaired) electrons. The molecule has 0 aromatic heterocycles. The van der Waals surface area contributed by atoms with Gasteiger partial charge in [-0.15, -0.1) is 0 Å². The van der Waals surface area contributed by atoms with Gasteiger partial charge in [0.25, 0.3) is 0 Å². The van der Waals surface area contributed by atoms with E-state index < -0.39 is 23.7 Å². The fourth-order valence-corrected chi connectivity index (χ4v) is 6.63. The van der Waals surface area contributed by atoms with E-state index in [-0.39, 0.29) is 18.9 Å². The van der Waals surface area contributed by atoms with E-state index in [2.05, 4.69) is 28.4 Å². The Bertz CT molecular complexity index is 1570. The van der Waals surface area contributed by atoms with Gasteiger partial charge in [-0.25, -0.2) is 9.59 Å². The number of alkyl carbamates (subject to hydrolysis) is 1. The number of rotatable bonds is 8. The van der Waals surface area contributed by atoms with Crippen molar-refractivity contribution < 1.29 is 28.6 Å². The highest BCUT2D eigenvalue weighted by molar-refractivity contribution is 5.95. The van der Waals surface area contributed by atoms with Crippen molar-refractivity contribution in [3.63, 3.8) is 0 Å². The van der Waals surface area contributed by atoms with Gasteiger partial charge in [-0.1, -0.05) is 54.6 Å². The van der Waals surface area contributed by atoms with E-state index in [0.29, 0.717) is 19.1 Å².